The van der Waals surface area contributed by atoms with Gasteiger partial charge in [0.1, 0.15) is 5.82 Å². The Morgan fingerprint density at radius 3 is 2.60 bits per heavy atom. The molecule has 1 aromatic carbocycles. The lowest BCUT2D eigenvalue weighted by molar-refractivity contribution is 0.0613. The highest BCUT2D eigenvalue weighted by atomic mass is 35.5. The molecule has 2 aromatic rings. The third-order valence-corrected chi connectivity index (χ3v) is 4.49. The van der Waals surface area contributed by atoms with Crippen LogP contribution in [0.4, 0.5) is 4.39 Å². The molecule has 2 heterocycles. The number of nitrogens with zero attached hydrogens (tertiary/aromatic N) is 4. The zero-order valence-corrected chi connectivity index (χ0v) is 15.0. The number of benzene rings is 1. The molecule has 1 saturated heterocycles. The van der Waals surface area contributed by atoms with Crippen LogP contribution in [0.1, 0.15) is 41.9 Å². The molecule has 0 bridgehead atoms. The lowest BCUT2D eigenvalue weighted by Gasteiger charge is -2.34. The maximum Gasteiger partial charge on any atom is 0.258 e. The molecule has 0 aliphatic carbocycles. The molecule has 0 atom stereocenters. The number of carbonyl (C=O) groups excluding carboxylic acids is 1. The average molecular weight is 367 g/mol. The smallest absolute Gasteiger partial charge is 0.258 e. The van der Waals surface area contributed by atoms with Gasteiger partial charge < -0.3 is 9.32 Å². The summed E-state index contributed by atoms with van der Waals surface area (Å²) in [4.78, 5) is 16.3. The number of halogens is 2. The second-order valence-corrected chi connectivity index (χ2v) is 6.76. The molecular weight excluding hydrogens is 347 g/mol. The molecule has 1 aliphatic heterocycles. The topological polar surface area (TPSA) is 62.5 Å². The Hall–Kier alpha value is -1.99. The number of rotatable bonds is 4. The van der Waals surface area contributed by atoms with Crippen molar-refractivity contribution < 1.29 is 13.6 Å². The van der Waals surface area contributed by atoms with Crippen LogP contribution in [0.25, 0.3) is 0 Å². The van der Waals surface area contributed by atoms with Gasteiger partial charge in [0.25, 0.3) is 5.91 Å². The fourth-order valence-corrected chi connectivity index (χ4v) is 2.97. The van der Waals surface area contributed by atoms with Crippen molar-refractivity contribution in [3.63, 3.8) is 0 Å². The molecule has 25 heavy (non-hydrogen) atoms. The van der Waals surface area contributed by atoms with Crippen molar-refractivity contribution in [1.82, 2.24) is 20.0 Å². The first-order chi connectivity index (χ1) is 12.0. The number of piperazine rings is 1. The molecule has 8 heteroatoms. The molecule has 0 N–H and O–H groups in total. The minimum Gasteiger partial charge on any atom is -0.424 e. The Morgan fingerprint density at radius 2 is 2.00 bits per heavy atom. The van der Waals surface area contributed by atoms with Crippen LogP contribution in [0.5, 0.6) is 0 Å². The highest BCUT2D eigenvalue weighted by molar-refractivity contribution is 6.33. The van der Waals surface area contributed by atoms with E-state index in [0.717, 1.165) is 0 Å². The van der Waals surface area contributed by atoms with Crippen molar-refractivity contribution in [2.45, 2.75) is 26.3 Å². The Kier molecular flexibility index (Phi) is 5.34. The summed E-state index contributed by atoms with van der Waals surface area (Å²) >= 11 is 5.98. The van der Waals surface area contributed by atoms with E-state index in [1.165, 1.54) is 18.2 Å². The fourth-order valence-electron chi connectivity index (χ4n) is 2.72. The van der Waals surface area contributed by atoms with Gasteiger partial charge in [0, 0.05) is 32.1 Å². The van der Waals surface area contributed by atoms with Crippen LogP contribution < -0.4 is 0 Å². The summed E-state index contributed by atoms with van der Waals surface area (Å²) in [6.45, 7) is 6.82. The first-order valence-electron chi connectivity index (χ1n) is 8.23. The van der Waals surface area contributed by atoms with Crippen LogP contribution >= 0.6 is 11.6 Å². The van der Waals surface area contributed by atoms with Gasteiger partial charge in [0.15, 0.2) is 0 Å². The number of aromatic nitrogens is 2. The van der Waals surface area contributed by atoms with Gasteiger partial charge in [-0.3, -0.25) is 9.69 Å². The van der Waals surface area contributed by atoms with Crippen molar-refractivity contribution in [2.24, 2.45) is 0 Å². The highest BCUT2D eigenvalue weighted by Crippen LogP contribution is 2.22. The van der Waals surface area contributed by atoms with E-state index in [1.807, 2.05) is 13.8 Å². The van der Waals surface area contributed by atoms with Gasteiger partial charge in [-0.1, -0.05) is 31.5 Å². The van der Waals surface area contributed by atoms with Crippen LogP contribution in [-0.4, -0.2) is 52.1 Å². The normalized spacial score (nSPS) is 15.8. The summed E-state index contributed by atoms with van der Waals surface area (Å²) in [5, 5.41) is 8.21. The molecule has 1 aromatic heterocycles. The number of hydrogen-bond acceptors (Lipinski definition) is 5. The Labute approximate surface area is 150 Å². The van der Waals surface area contributed by atoms with Crippen LogP contribution in [-0.2, 0) is 6.54 Å². The number of amides is 1. The molecule has 6 nitrogen and oxygen atoms in total. The predicted octanol–water partition coefficient (Wildman–Crippen LogP) is 2.94. The molecule has 0 saturated carbocycles. The number of carbonyl (C=O) groups is 1. The minimum atomic E-state index is -0.591. The molecule has 3 rings (SSSR count). The third kappa shape index (κ3) is 3.99. The monoisotopic (exact) mass is 366 g/mol. The van der Waals surface area contributed by atoms with E-state index >= 15 is 0 Å². The average Bonchev–Trinajstić information content (AvgIpc) is 3.04. The van der Waals surface area contributed by atoms with Crippen molar-refractivity contribution in [1.29, 1.82) is 0 Å². The molecule has 0 radical (unpaired) electrons. The van der Waals surface area contributed by atoms with E-state index in [-0.39, 0.29) is 22.4 Å². The largest absolute Gasteiger partial charge is 0.424 e. The minimum absolute atomic E-state index is 0.0592. The summed E-state index contributed by atoms with van der Waals surface area (Å²) in [5.41, 5.74) is -0.0592. The maximum absolute atomic E-state index is 13.9. The van der Waals surface area contributed by atoms with Gasteiger partial charge in [-0.2, -0.15) is 0 Å². The van der Waals surface area contributed by atoms with E-state index in [2.05, 4.69) is 15.1 Å². The van der Waals surface area contributed by atoms with Gasteiger partial charge in [-0.15, -0.1) is 10.2 Å². The van der Waals surface area contributed by atoms with Crippen molar-refractivity contribution in [3.05, 3.63) is 46.4 Å². The Balaban J connectivity index is 1.59. The fraction of sp³-hybridized carbons (Fsp3) is 0.471. The maximum atomic E-state index is 13.9. The van der Waals surface area contributed by atoms with Gasteiger partial charge in [0.2, 0.25) is 11.8 Å². The summed E-state index contributed by atoms with van der Waals surface area (Å²) < 4.78 is 19.5. The second kappa shape index (κ2) is 7.49. The number of hydrogen-bond donors (Lipinski definition) is 0. The molecule has 134 valence electrons. The molecule has 1 fully saturated rings. The molecule has 1 amide bonds. The van der Waals surface area contributed by atoms with Crippen molar-refractivity contribution >= 4 is 17.5 Å². The standard InChI is InChI=1S/C17H20ClFN4O2/c1-11(2)16-21-20-14(25-16)10-22-6-8-23(9-7-22)17(24)15-12(18)4-3-5-13(15)19/h3-5,11H,6-10H2,1-2H3. The lowest BCUT2D eigenvalue weighted by Crippen LogP contribution is -2.48. The van der Waals surface area contributed by atoms with Crippen molar-refractivity contribution in [2.75, 3.05) is 26.2 Å². The zero-order valence-electron chi connectivity index (χ0n) is 14.2. The quantitative estimate of drug-likeness (QED) is 0.832. The van der Waals surface area contributed by atoms with Gasteiger partial charge in [0.05, 0.1) is 17.1 Å². The van der Waals surface area contributed by atoms with Crippen LogP contribution in [0.2, 0.25) is 5.02 Å². The van der Waals surface area contributed by atoms with Crippen molar-refractivity contribution in [3.8, 4) is 0 Å². The van der Waals surface area contributed by atoms with E-state index in [1.54, 1.807) is 4.90 Å². The van der Waals surface area contributed by atoms with E-state index in [9.17, 15) is 9.18 Å². The first kappa shape index (κ1) is 17.8. The summed E-state index contributed by atoms with van der Waals surface area (Å²) in [7, 11) is 0. The molecular formula is C17H20ClFN4O2. The van der Waals surface area contributed by atoms with E-state index in [0.29, 0.717) is 44.5 Å². The van der Waals surface area contributed by atoms with Gasteiger partial charge in [-0.25, -0.2) is 4.39 Å². The van der Waals surface area contributed by atoms with Gasteiger partial charge >= 0.3 is 0 Å². The van der Waals surface area contributed by atoms with Crippen LogP contribution in [0, 0.1) is 5.82 Å². The first-order valence-corrected chi connectivity index (χ1v) is 8.61. The lowest BCUT2D eigenvalue weighted by atomic mass is 10.1. The summed E-state index contributed by atoms with van der Waals surface area (Å²) in [6, 6.07) is 4.26. The molecule has 0 spiro atoms. The van der Waals surface area contributed by atoms with E-state index in [4.69, 9.17) is 16.0 Å². The summed E-state index contributed by atoms with van der Waals surface area (Å²) in [5.74, 6) is 0.425. The van der Waals surface area contributed by atoms with Gasteiger partial charge in [-0.05, 0) is 12.1 Å². The molecule has 0 unspecified atom stereocenters. The predicted molar refractivity (Wildman–Crippen MR) is 91.0 cm³/mol. The third-order valence-electron chi connectivity index (χ3n) is 4.17. The van der Waals surface area contributed by atoms with Crippen LogP contribution in [0.15, 0.2) is 22.6 Å². The van der Waals surface area contributed by atoms with E-state index < -0.39 is 5.82 Å². The second-order valence-electron chi connectivity index (χ2n) is 6.35. The zero-order chi connectivity index (χ0) is 18.0. The SMILES string of the molecule is CC(C)c1nnc(CN2CCN(C(=O)c3c(F)cccc3Cl)CC2)o1. The molecule has 1 aliphatic rings. The summed E-state index contributed by atoms with van der Waals surface area (Å²) in [6.07, 6.45) is 0. The highest BCUT2D eigenvalue weighted by Gasteiger charge is 2.26. The Morgan fingerprint density at radius 1 is 1.28 bits per heavy atom. The Bertz CT molecular complexity index is 737. The van der Waals surface area contributed by atoms with Crippen LogP contribution in [0.3, 0.4) is 0 Å².